The zero-order chi connectivity index (χ0) is 33.5. The molecule has 0 atom stereocenters. The van der Waals surface area contributed by atoms with Gasteiger partial charge in [0.1, 0.15) is 0 Å². The van der Waals surface area contributed by atoms with Crippen molar-refractivity contribution in [3.8, 4) is 55.6 Å². The van der Waals surface area contributed by atoms with Gasteiger partial charge in [0.25, 0.3) is 0 Å². The van der Waals surface area contributed by atoms with Crippen molar-refractivity contribution in [3.05, 3.63) is 212 Å². The first-order chi connectivity index (χ1) is 24.8. The SMILES string of the molecule is c1ccc(-c2ccc(NN(c3ccc(-c4ccccc4)cc3)c3ccc(-c4ccccc4)c(-c4ccccc4)c3-c3ccccc3)cc2)cc1. The van der Waals surface area contributed by atoms with E-state index in [1.54, 1.807) is 0 Å². The molecule has 2 heteroatoms. The maximum absolute atomic E-state index is 3.83. The number of anilines is 3. The van der Waals surface area contributed by atoms with Crippen molar-refractivity contribution < 1.29 is 0 Å². The standard InChI is InChI=1S/C48H36N2/c1-6-16-36(17-7-1)38-26-30-43(31-27-38)49-50(44-32-28-39(29-33-44)37-18-8-2-9-19-37)46-35-34-45(40-20-10-3-11-21-40)47(41-22-12-4-13-23-41)48(46)42-24-14-5-15-25-42/h1-35,49H. The minimum Gasteiger partial charge on any atom is -0.294 e. The van der Waals surface area contributed by atoms with Crippen LogP contribution in [0.4, 0.5) is 17.1 Å². The molecule has 0 saturated carbocycles. The molecule has 0 fully saturated rings. The van der Waals surface area contributed by atoms with Crippen LogP contribution < -0.4 is 10.4 Å². The van der Waals surface area contributed by atoms with Gasteiger partial charge in [-0.3, -0.25) is 10.4 Å². The largest absolute Gasteiger partial charge is 0.294 e. The molecule has 8 aromatic carbocycles. The summed E-state index contributed by atoms with van der Waals surface area (Å²) < 4.78 is 0. The quantitative estimate of drug-likeness (QED) is 0.158. The predicted octanol–water partition coefficient (Wildman–Crippen LogP) is 13.2. The fraction of sp³-hybridized carbons (Fsp3) is 0. The minimum atomic E-state index is 0.990. The van der Waals surface area contributed by atoms with E-state index in [9.17, 15) is 0 Å². The van der Waals surface area contributed by atoms with Gasteiger partial charge in [0, 0.05) is 5.56 Å². The molecule has 0 aliphatic heterocycles. The second-order valence-corrected chi connectivity index (χ2v) is 12.3. The van der Waals surface area contributed by atoms with Gasteiger partial charge >= 0.3 is 0 Å². The monoisotopic (exact) mass is 640 g/mol. The Labute approximate surface area is 294 Å². The highest BCUT2D eigenvalue weighted by Crippen LogP contribution is 2.47. The van der Waals surface area contributed by atoms with Gasteiger partial charge in [0.2, 0.25) is 0 Å². The van der Waals surface area contributed by atoms with E-state index in [1.165, 1.54) is 44.5 Å². The Kier molecular flexibility index (Phi) is 8.73. The van der Waals surface area contributed by atoms with Crippen LogP contribution in [0.1, 0.15) is 0 Å². The van der Waals surface area contributed by atoms with E-state index in [1.807, 2.05) is 0 Å². The molecule has 0 bridgehead atoms. The lowest BCUT2D eigenvalue weighted by molar-refractivity contribution is 1.16. The maximum Gasteiger partial charge on any atom is 0.0715 e. The van der Waals surface area contributed by atoms with E-state index < -0.39 is 0 Å². The Morgan fingerprint density at radius 1 is 0.280 bits per heavy atom. The van der Waals surface area contributed by atoms with Crippen molar-refractivity contribution in [2.24, 2.45) is 0 Å². The van der Waals surface area contributed by atoms with Gasteiger partial charge in [-0.05, 0) is 80.4 Å². The van der Waals surface area contributed by atoms with Crippen LogP contribution in [0.2, 0.25) is 0 Å². The summed E-state index contributed by atoms with van der Waals surface area (Å²) in [4.78, 5) is 0. The zero-order valence-electron chi connectivity index (χ0n) is 27.7. The first kappa shape index (κ1) is 30.7. The molecule has 0 spiro atoms. The summed E-state index contributed by atoms with van der Waals surface area (Å²) in [6.45, 7) is 0. The van der Waals surface area contributed by atoms with Crippen LogP contribution in [0.25, 0.3) is 55.6 Å². The summed E-state index contributed by atoms with van der Waals surface area (Å²) in [6.07, 6.45) is 0. The van der Waals surface area contributed by atoms with Gasteiger partial charge in [-0.1, -0.05) is 182 Å². The second kappa shape index (κ2) is 14.2. The van der Waals surface area contributed by atoms with Crippen molar-refractivity contribution in [1.29, 1.82) is 0 Å². The normalized spacial score (nSPS) is 10.8. The molecule has 8 aromatic rings. The fourth-order valence-corrected chi connectivity index (χ4v) is 6.63. The van der Waals surface area contributed by atoms with E-state index in [-0.39, 0.29) is 0 Å². The Bertz CT molecular complexity index is 2280. The van der Waals surface area contributed by atoms with E-state index in [2.05, 4.69) is 223 Å². The van der Waals surface area contributed by atoms with Crippen LogP contribution in [0.15, 0.2) is 212 Å². The van der Waals surface area contributed by atoms with Gasteiger partial charge in [-0.25, -0.2) is 0 Å². The number of benzene rings is 8. The third-order valence-electron chi connectivity index (χ3n) is 9.10. The average Bonchev–Trinajstić information content (AvgIpc) is 3.21. The van der Waals surface area contributed by atoms with Gasteiger partial charge in [-0.15, -0.1) is 0 Å². The highest BCUT2D eigenvalue weighted by atomic mass is 15.5. The second-order valence-electron chi connectivity index (χ2n) is 12.3. The Hall–Kier alpha value is -6.64. The van der Waals surface area contributed by atoms with E-state index in [4.69, 9.17) is 0 Å². The summed E-state index contributed by atoms with van der Waals surface area (Å²) in [5, 5.41) is 2.23. The molecule has 0 amide bonds. The third kappa shape index (κ3) is 6.43. The van der Waals surface area contributed by atoms with Crippen LogP contribution in [0.3, 0.4) is 0 Å². The van der Waals surface area contributed by atoms with E-state index >= 15 is 0 Å². The highest BCUT2D eigenvalue weighted by molar-refractivity contribution is 6.01. The number of hydrogen-bond acceptors (Lipinski definition) is 2. The van der Waals surface area contributed by atoms with Crippen molar-refractivity contribution in [3.63, 3.8) is 0 Å². The Morgan fingerprint density at radius 2 is 0.660 bits per heavy atom. The van der Waals surface area contributed by atoms with Crippen molar-refractivity contribution in [2.75, 3.05) is 10.4 Å². The van der Waals surface area contributed by atoms with Crippen molar-refractivity contribution >= 4 is 17.1 Å². The Balaban J connectivity index is 1.33. The van der Waals surface area contributed by atoms with Crippen LogP contribution in [0, 0.1) is 0 Å². The molecule has 0 aliphatic rings. The molecule has 8 rings (SSSR count). The van der Waals surface area contributed by atoms with Crippen molar-refractivity contribution in [2.45, 2.75) is 0 Å². The molecule has 0 heterocycles. The molecule has 0 aliphatic carbocycles. The lowest BCUT2D eigenvalue weighted by Crippen LogP contribution is -2.25. The summed E-state index contributed by atoms with van der Waals surface area (Å²) in [7, 11) is 0. The molecule has 0 unspecified atom stereocenters. The lowest BCUT2D eigenvalue weighted by Gasteiger charge is -2.31. The molecule has 2 nitrogen and oxygen atoms in total. The summed E-state index contributed by atoms with van der Waals surface area (Å²) >= 11 is 0. The minimum absolute atomic E-state index is 0.990. The van der Waals surface area contributed by atoms with Crippen LogP contribution >= 0.6 is 0 Å². The van der Waals surface area contributed by atoms with Crippen LogP contribution in [-0.4, -0.2) is 0 Å². The molecular formula is C48H36N2. The summed E-state index contributed by atoms with van der Waals surface area (Å²) in [5.41, 5.74) is 18.7. The average molecular weight is 641 g/mol. The first-order valence-electron chi connectivity index (χ1n) is 17.0. The summed E-state index contributed by atoms with van der Waals surface area (Å²) in [5.74, 6) is 0. The van der Waals surface area contributed by atoms with Gasteiger partial charge in [-0.2, -0.15) is 0 Å². The third-order valence-corrected chi connectivity index (χ3v) is 9.10. The predicted molar refractivity (Wildman–Crippen MR) is 212 cm³/mol. The molecule has 238 valence electrons. The number of hydrogen-bond donors (Lipinski definition) is 1. The Morgan fingerprint density at radius 3 is 1.14 bits per heavy atom. The lowest BCUT2D eigenvalue weighted by atomic mass is 9.86. The zero-order valence-corrected chi connectivity index (χ0v) is 27.7. The molecule has 1 N–H and O–H groups in total. The van der Waals surface area contributed by atoms with E-state index in [0.29, 0.717) is 0 Å². The molecule has 0 saturated heterocycles. The van der Waals surface area contributed by atoms with Gasteiger partial charge < -0.3 is 0 Å². The number of rotatable bonds is 9. The topological polar surface area (TPSA) is 15.3 Å². The number of nitrogens with one attached hydrogen (secondary N) is 1. The first-order valence-corrected chi connectivity index (χ1v) is 17.0. The van der Waals surface area contributed by atoms with Crippen molar-refractivity contribution in [1.82, 2.24) is 0 Å². The maximum atomic E-state index is 3.83. The van der Waals surface area contributed by atoms with Gasteiger partial charge in [0.15, 0.2) is 0 Å². The van der Waals surface area contributed by atoms with Crippen LogP contribution in [0.5, 0.6) is 0 Å². The number of nitrogens with zero attached hydrogens (tertiary/aromatic N) is 1. The van der Waals surface area contributed by atoms with E-state index in [0.717, 1.165) is 28.2 Å². The molecule has 50 heavy (non-hydrogen) atoms. The highest BCUT2D eigenvalue weighted by Gasteiger charge is 2.23. The number of hydrazine groups is 1. The van der Waals surface area contributed by atoms with Gasteiger partial charge in [0.05, 0.1) is 17.1 Å². The fourth-order valence-electron chi connectivity index (χ4n) is 6.63. The van der Waals surface area contributed by atoms with Crippen LogP contribution in [-0.2, 0) is 0 Å². The smallest absolute Gasteiger partial charge is 0.0715 e. The molecular weight excluding hydrogens is 605 g/mol. The summed E-state index contributed by atoms with van der Waals surface area (Å²) in [6, 6.07) is 75.3. The molecule has 0 radical (unpaired) electrons. The molecule has 0 aromatic heterocycles.